The SMILES string of the molecule is CC1=C[C@@]23CC=C[C@@H](O)[C@H]2C[C@@H]1CC31OCCO1. The van der Waals surface area contributed by atoms with Crippen LogP contribution in [0.1, 0.15) is 26.2 Å². The molecule has 18 heavy (non-hydrogen) atoms. The van der Waals surface area contributed by atoms with Gasteiger partial charge in [-0.1, -0.05) is 23.8 Å². The van der Waals surface area contributed by atoms with Crippen molar-refractivity contribution >= 4 is 0 Å². The second-order valence-electron chi connectivity index (χ2n) is 6.24. The van der Waals surface area contributed by atoms with E-state index in [2.05, 4.69) is 19.1 Å². The van der Waals surface area contributed by atoms with Crippen LogP contribution in [0.25, 0.3) is 0 Å². The Kier molecular flexibility index (Phi) is 2.16. The fraction of sp³-hybridized carbons (Fsp3) is 0.733. The Labute approximate surface area is 107 Å². The number of rotatable bonds is 0. The van der Waals surface area contributed by atoms with E-state index in [0.29, 0.717) is 19.1 Å². The summed E-state index contributed by atoms with van der Waals surface area (Å²) >= 11 is 0. The van der Waals surface area contributed by atoms with E-state index < -0.39 is 5.79 Å². The largest absolute Gasteiger partial charge is 0.389 e. The van der Waals surface area contributed by atoms with Crippen molar-refractivity contribution in [2.24, 2.45) is 17.3 Å². The maximum Gasteiger partial charge on any atom is 0.178 e. The Morgan fingerprint density at radius 2 is 2.11 bits per heavy atom. The van der Waals surface area contributed by atoms with Gasteiger partial charge in [-0.2, -0.15) is 0 Å². The number of hydrogen-bond acceptors (Lipinski definition) is 3. The maximum atomic E-state index is 10.3. The van der Waals surface area contributed by atoms with E-state index in [1.54, 1.807) is 0 Å². The van der Waals surface area contributed by atoms with E-state index in [-0.39, 0.29) is 17.4 Å². The van der Waals surface area contributed by atoms with Gasteiger partial charge in [-0.3, -0.25) is 0 Å². The second kappa shape index (κ2) is 3.47. The van der Waals surface area contributed by atoms with Crippen molar-refractivity contribution in [3.63, 3.8) is 0 Å². The molecule has 5 aliphatic rings. The van der Waals surface area contributed by atoms with Gasteiger partial charge >= 0.3 is 0 Å². The van der Waals surface area contributed by atoms with Gasteiger partial charge < -0.3 is 14.6 Å². The van der Waals surface area contributed by atoms with Crippen LogP contribution in [0.2, 0.25) is 0 Å². The number of ether oxygens (including phenoxy) is 2. The van der Waals surface area contributed by atoms with Crippen LogP contribution in [-0.2, 0) is 9.47 Å². The Morgan fingerprint density at radius 3 is 2.89 bits per heavy atom. The predicted octanol–water partition coefficient (Wildman–Crippen LogP) is 2.02. The molecule has 3 heteroatoms. The highest BCUT2D eigenvalue weighted by atomic mass is 16.7. The van der Waals surface area contributed by atoms with E-state index in [1.165, 1.54) is 5.57 Å². The summed E-state index contributed by atoms with van der Waals surface area (Å²) in [6.45, 7) is 3.59. The van der Waals surface area contributed by atoms with Crippen LogP contribution in [0.3, 0.4) is 0 Å². The molecule has 1 aliphatic heterocycles. The summed E-state index contributed by atoms with van der Waals surface area (Å²) in [7, 11) is 0. The summed E-state index contributed by atoms with van der Waals surface area (Å²) in [5.41, 5.74) is 1.31. The van der Waals surface area contributed by atoms with E-state index in [9.17, 15) is 5.11 Å². The van der Waals surface area contributed by atoms with Crippen molar-refractivity contribution in [3.8, 4) is 0 Å². The van der Waals surface area contributed by atoms with Crippen molar-refractivity contribution in [3.05, 3.63) is 23.8 Å². The highest BCUT2D eigenvalue weighted by Gasteiger charge is 2.66. The highest BCUT2D eigenvalue weighted by Crippen LogP contribution is 2.64. The Morgan fingerprint density at radius 1 is 1.33 bits per heavy atom. The molecule has 1 saturated carbocycles. The molecule has 98 valence electrons. The summed E-state index contributed by atoms with van der Waals surface area (Å²) in [6.07, 6.45) is 9.02. The third-order valence-electron chi connectivity index (χ3n) is 5.51. The van der Waals surface area contributed by atoms with Crippen LogP contribution < -0.4 is 0 Å². The van der Waals surface area contributed by atoms with Crippen LogP contribution in [0.4, 0.5) is 0 Å². The monoisotopic (exact) mass is 248 g/mol. The average Bonchev–Trinajstić information content (AvgIpc) is 2.80. The van der Waals surface area contributed by atoms with Crippen LogP contribution in [-0.4, -0.2) is 30.2 Å². The van der Waals surface area contributed by atoms with Gasteiger partial charge in [-0.25, -0.2) is 0 Å². The van der Waals surface area contributed by atoms with Gasteiger partial charge in [0.25, 0.3) is 0 Å². The molecule has 1 saturated heterocycles. The lowest BCUT2D eigenvalue weighted by Crippen LogP contribution is -2.62. The van der Waals surface area contributed by atoms with Crippen LogP contribution in [0.5, 0.6) is 0 Å². The Bertz CT molecular complexity index is 433. The summed E-state index contributed by atoms with van der Waals surface area (Å²) in [4.78, 5) is 0. The summed E-state index contributed by atoms with van der Waals surface area (Å²) in [5.74, 6) is 0.297. The van der Waals surface area contributed by atoms with Crippen molar-refractivity contribution in [1.82, 2.24) is 0 Å². The van der Waals surface area contributed by atoms with Gasteiger partial charge in [0.15, 0.2) is 5.79 Å². The molecule has 2 fully saturated rings. The molecule has 1 N–H and O–H groups in total. The lowest BCUT2D eigenvalue weighted by molar-refractivity contribution is -0.278. The number of aliphatic hydroxyl groups excluding tert-OH is 1. The summed E-state index contributed by atoms with van der Waals surface area (Å²) in [5, 5.41) is 10.3. The highest BCUT2D eigenvalue weighted by molar-refractivity contribution is 5.32. The molecule has 1 heterocycles. The minimum Gasteiger partial charge on any atom is -0.389 e. The van der Waals surface area contributed by atoms with E-state index in [1.807, 2.05) is 6.08 Å². The zero-order valence-corrected chi connectivity index (χ0v) is 10.8. The molecule has 5 rings (SSSR count). The third kappa shape index (κ3) is 1.16. The van der Waals surface area contributed by atoms with Gasteiger partial charge in [0.05, 0.1) is 24.7 Å². The van der Waals surface area contributed by atoms with E-state index in [4.69, 9.17) is 9.47 Å². The van der Waals surface area contributed by atoms with Crippen molar-refractivity contribution < 1.29 is 14.6 Å². The molecule has 0 aromatic carbocycles. The molecule has 3 nitrogen and oxygen atoms in total. The van der Waals surface area contributed by atoms with Gasteiger partial charge in [0.1, 0.15) is 0 Å². The predicted molar refractivity (Wildman–Crippen MR) is 66.8 cm³/mol. The molecule has 0 amide bonds. The van der Waals surface area contributed by atoms with Crippen molar-refractivity contribution in [2.75, 3.05) is 13.2 Å². The molecule has 2 spiro atoms. The van der Waals surface area contributed by atoms with Crippen LogP contribution in [0.15, 0.2) is 23.8 Å². The van der Waals surface area contributed by atoms with Crippen molar-refractivity contribution in [1.29, 1.82) is 0 Å². The molecule has 4 atom stereocenters. The zero-order valence-electron chi connectivity index (χ0n) is 10.8. The van der Waals surface area contributed by atoms with Gasteiger partial charge in [-0.15, -0.1) is 0 Å². The normalized spacial score (nSPS) is 48.3. The molecule has 0 aromatic rings. The molecule has 4 aliphatic carbocycles. The maximum absolute atomic E-state index is 10.3. The molecular formula is C15H20O3. The first-order valence-corrected chi connectivity index (χ1v) is 6.99. The van der Waals surface area contributed by atoms with E-state index >= 15 is 0 Å². The molecule has 0 radical (unpaired) electrons. The first-order valence-electron chi connectivity index (χ1n) is 6.99. The minimum absolute atomic E-state index is 0.142. The molecule has 0 unspecified atom stereocenters. The number of hydrogen-bond donors (Lipinski definition) is 1. The lowest BCUT2D eigenvalue weighted by atomic mass is 9.49. The first-order chi connectivity index (χ1) is 8.67. The Hall–Kier alpha value is -0.640. The topological polar surface area (TPSA) is 38.7 Å². The fourth-order valence-corrected chi connectivity index (χ4v) is 4.67. The smallest absolute Gasteiger partial charge is 0.178 e. The standard InChI is InChI=1S/C15H20O3/c1-10-8-14-4-2-3-13(16)12(14)7-11(10)9-15(14)17-5-6-18-15/h2-3,8,11-13,16H,4-7,9H2,1H3/t11-,12-,13-,14+/m1/s1. The average molecular weight is 248 g/mol. The fourth-order valence-electron chi connectivity index (χ4n) is 4.67. The third-order valence-corrected chi connectivity index (χ3v) is 5.51. The molecular weight excluding hydrogens is 228 g/mol. The van der Waals surface area contributed by atoms with E-state index in [0.717, 1.165) is 19.3 Å². The number of aliphatic hydroxyl groups is 1. The zero-order chi connectivity index (χ0) is 12.4. The lowest BCUT2D eigenvalue weighted by Gasteiger charge is -2.60. The quantitative estimate of drug-likeness (QED) is 0.667. The Balaban J connectivity index is 1.88. The number of allylic oxidation sites excluding steroid dienone is 2. The summed E-state index contributed by atoms with van der Waals surface area (Å²) < 4.78 is 12.1. The minimum atomic E-state index is -0.466. The molecule has 0 aromatic heterocycles. The molecule has 2 bridgehead atoms. The van der Waals surface area contributed by atoms with Gasteiger partial charge in [0.2, 0.25) is 0 Å². The van der Waals surface area contributed by atoms with Crippen LogP contribution in [0, 0.1) is 17.3 Å². The van der Waals surface area contributed by atoms with Gasteiger partial charge in [0, 0.05) is 12.3 Å². The van der Waals surface area contributed by atoms with Crippen LogP contribution >= 0.6 is 0 Å². The second-order valence-corrected chi connectivity index (χ2v) is 6.24. The van der Waals surface area contributed by atoms with Gasteiger partial charge in [-0.05, 0) is 25.7 Å². The summed E-state index contributed by atoms with van der Waals surface area (Å²) in [6, 6.07) is 0. The first kappa shape index (κ1) is 11.2. The van der Waals surface area contributed by atoms with Crippen molar-refractivity contribution in [2.45, 2.75) is 38.1 Å².